The highest BCUT2D eigenvalue weighted by atomic mass is 16.3. The number of rotatable bonds is 4. The van der Waals surface area contributed by atoms with Gasteiger partial charge in [-0.1, -0.05) is 147 Å². The number of anilines is 3. The van der Waals surface area contributed by atoms with Gasteiger partial charge in [-0.2, -0.15) is 0 Å². The summed E-state index contributed by atoms with van der Waals surface area (Å²) in [6, 6.07) is 69.1. The van der Waals surface area contributed by atoms with E-state index in [1.54, 1.807) is 0 Å². The molecule has 268 valence electrons. The molecule has 0 saturated heterocycles. The molecule has 0 radical (unpaired) electrons. The molecule has 0 N–H and O–H groups in total. The topological polar surface area (TPSA) is 16.4 Å². The Morgan fingerprint density at radius 1 is 0.386 bits per heavy atom. The van der Waals surface area contributed by atoms with Crippen LogP contribution in [0.3, 0.4) is 0 Å². The van der Waals surface area contributed by atoms with Crippen LogP contribution >= 0.6 is 0 Å². The predicted molar refractivity (Wildman–Crippen MR) is 241 cm³/mol. The van der Waals surface area contributed by atoms with Gasteiger partial charge in [0.05, 0.1) is 5.69 Å². The van der Waals surface area contributed by atoms with Gasteiger partial charge in [0.1, 0.15) is 11.2 Å². The minimum atomic E-state index is -0.121. The van der Waals surface area contributed by atoms with Crippen molar-refractivity contribution in [3.05, 3.63) is 199 Å². The van der Waals surface area contributed by atoms with Crippen LogP contribution < -0.4 is 4.90 Å². The molecular weight excluding hydrogens is 691 g/mol. The summed E-state index contributed by atoms with van der Waals surface area (Å²) in [6.45, 7) is 4.72. The Balaban J connectivity index is 1.11. The largest absolute Gasteiger partial charge is 0.456 e. The van der Waals surface area contributed by atoms with Gasteiger partial charge in [-0.3, -0.25) is 0 Å². The molecular formula is C55H37NO. The van der Waals surface area contributed by atoms with Crippen LogP contribution in [-0.4, -0.2) is 0 Å². The maximum absolute atomic E-state index is 6.42. The van der Waals surface area contributed by atoms with Gasteiger partial charge in [0, 0.05) is 38.5 Å². The van der Waals surface area contributed by atoms with Crippen molar-refractivity contribution >= 4 is 82.1 Å². The van der Waals surface area contributed by atoms with E-state index in [4.69, 9.17) is 4.42 Å². The lowest BCUT2D eigenvalue weighted by Crippen LogP contribution is -2.16. The first-order valence-electron chi connectivity index (χ1n) is 19.8. The zero-order valence-electron chi connectivity index (χ0n) is 31.8. The lowest BCUT2D eigenvalue weighted by molar-refractivity contribution is 0.660. The lowest BCUT2D eigenvalue weighted by Gasteiger charge is -2.30. The maximum atomic E-state index is 6.42. The molecule has 1 heterocycles. The van der Waals surface area contributed by atoms with Gasteiger partial charge in [-0.05, 0) is 120 Å². The van der Waals surface area contributed by atoms with Gasteiger partial charge in [0.25, 0.3) is 0 Å². The third-order valence-corrected chi connectivity index (χ3v) is 12.6. The zero-order chi connectivity index (χ0) is 37.8. The molecule has 0 fully saturated rings. The molecule has 1 aliphatic rings. The smallest absolute Gasteiger partial charge is 0.136 e. The molecule has 2 nitrogen and oxygen atoms in total. The van der Waals surface area contributed by atoms with Crippen LogP contribution in [0, 0.1) is 0 Å². The monoisotopic (exact) mass is 727 g/mol. The third-order valence-electron chi connectivity index (χ3n) is 12.6. The number of benzene rings is 10. The number of nitrogens with zero attached hydrogens (tertiary/aromatic N) is 1. The molecule has 0 atom stereocenters. The van der Waals surface area contributed by atoms with Crippen molar-refractivity contribution in [3.63, 3.8) is 0 Å². The molecule has 0 saturated carbocycles. The summed E-state index contributed by atoms with van der Waals surface area (Å²) in [5, 5.41) is 12.2. The van der Waals surface area contributed by atoms with E-state index in [1.165, 1.54) is 81.9 Å². The molecule has 0 amide bonds. The van der Waals surface area contributed by atoms with Crippen molar-refractivity contribution in [2.45, 2.75) is 19.3 Å². The van der Waals surface area contributed by atoms with Gasteiger partial charge in [0.2, 0.25) is 0 Å². The summed E-state index contributed by atoms with van der Waals surface area (Å²) in [4.78, 5) is 2.46. The minimum absolute atomic E-state index is 0.121. The Morgan fingerprint density at radius 3 is 1.91 bits per heavy atom. The fourth-order valence-corrected chi connectivity index (χ4v) is 9.91. The molecule has 0 aliphatic heterocycles. The van der Waals surface area contributed by atoms with Gasteiger partial charge >= 0.3 is 0 Å². The second kappa shape index (κ2) is 11.9. The van der Waals surface area contributed by atoms with Crippen molar-refractivity contribution in [2.24, 2.45) is 0 Å². The average molecular weight is 728 g/mol. The highest BCUT2D eigenvalue weighted by molar-refractivity contribution is 6.34. The van der Waals surface area contributed by atoms with Crippen LogP contribution in [0.4, 0.5) is 17.1 Å². The summed E-state index contributed by atoms with van der Waals surface area (Å²) in [7, 11) is 0. The molecule has 10 aromatic carbocycles. The molecule has 0 spiro atoms. The number of hydrogen-bond donors (Lipinski definition) is 0. The Kier molecular flexibility index (Phi) is 6.72. The van der Waals surface area contributed by atoms with Gasteiger partial charge in [-0.25, -0.2) is 0 Å². The summed E-state index contributed by atoms with van der Waals surface area (Å²) in [5.74, 6) is 0. The van der Waals surface area contributed by atoms with E-state index in [9.17, 15) is 0 Å². The fraction of sp³-hybridized carbons (Fsp3) is 0.0545. The predicted octanol–water partition coefficient (Wildman–Crippen LogP) is 15.6. The molecule has 0 unspecified atom stereocenters. The molecule has 0 bridgehead atoms. The van der Waals surface area contributed by atoms with Gasteiger partial charge in [0.15, 0.2) is 0 Å². The molecule has 57 heavy (non-hydrogen) atoms. The van der Waals surface area contributed by atoms with Crippen molar-refractivity contribution < 1.29 is 4.42 Å². The van der Waals surface area contributed by atoms with E-state index < -0.39 is 0 Å². The zero-order valence-corrected chi connectivity index (χ0v) is 31.8. The van der Waals surface area contributed by atoms with Crippen molar-refractivity contribution in [2.75, 3.05) is 4.90 Å². The standard InChI is InChI=1S/C55H37NO/c1-55(2)48-20-10-7-17-42(48)43-28-26-38(33-49(43)55)56(37-25-23-34-13-3-4-14-35(34)31-37)50-21-11-8-15-39(50)36-24-27-41-40-16-5-6-18-44(40)53-45(47(41)32-36)29-30-52-54(53)46-19-9-12-22-51(46)57-52/h3-33H,1-2H3. The summed E-state index contributed by atoms with van der Waals surface area (Å²) >= 11 is 0. The first-order valence-corrected chi connectivity index (χ1v) is 19.8. The molecule has 2 heteroatoms. The average Bonchev–Trinajstić information content (AvgIpc) is 3.75. The van der Waals surface area contributed by atoms with Gasteiger partial charge in [-0.15, -0.1) is 0 Å². The van der Waals surface area contributed by atoms with E-state index in [0.717, 1.165) is 33.6 Å². The highest BCUT2D eigenvalue weighted by Crippen LogP contribution is 2.52. The summed E-state index contributed by atoms with van der Waals surface area (Å²) in [6.07, 6.45) is 0. The first kappa shape index (κ1) is 32.1. The normalized spacial score (nSPS) is 13.2. The number of hydrogen-bond acceptors (Lipinski definition) is 2. The molecule has 12 rings (SSSR count). The maximum Gasteiger partial charge on any atom is 0.136 e. The van der Waals surface area contributed by atoms with E-state index in [2.05, 4.69) is 201 Å². The Bertz CT molecular complexity index is 3460. The van der Waals surface area contributed by atoms with Crippen molar-refractivity contribution in [1.29, 1.82) is 0 Å². The summed E-state index contributed by atoms with van der Waals surface area (Å²) in [5.41, 5.74) is 12.8. The van der Waals surface area contributed by atoms with E-state index in [0.29, 0.717) is 0 Å². The number of furan rings is 1. The second-order valence-electron chi connectivity index (χ2n) is 16.0. The van der Waals surface area contributed by atoms with Crippen LogP contribution in [-0.2, 0) is 5.41 Å². The highest BCUT2D eigenvalue weighted by Gasteiger charge is 2.36. The third kappa shape index (κ3) is 4.65. The minimum Gasteiger partial charge on any atom is -0.456 e. The molecule has 1 aliphatic carbocycles. The van der Waals surface area contributed by atoms with E-state index >= 15 is 0 Å². The van der Waals surface area contributed by atoms with Crippen molar-refractivity contribution in [1.82, 2.24) is 0 Å². The first-order chi connectivity index (χ1) is 28.0. The fourth-order valence-electron chi connectivity index (χ4n) is 9.91. The van der Waals surface area contributed by atoms with Crippen LogP contribution in [0.25, 0.3) is 87.3 Å². The van der Waals surface area contributed by atoms with Crippen LogP contribution in [0.1, 0.15) is 25.0 Å². The van der Waals surface area contributed by atoms with Gasteiger partial charge < -0.3 is 9.32 Å². The second-order valence-corrected chi connectivity index (χ2v) is 16.0. The van der Waals surface area contributed by atoms with Crippen LogP contribution in [0.15, 0.2) is 192 Å². The Morgan fingerprint density at radius 2 is 1.02 bits per heavy atom. The number of fused-ring (bicyclic) bond motifs is 14. The van der Waals surface area contributed by atoms with Crippen LogP contribution in [0.2, 0.25) is 0 Å². The Labute approximate surface area is 330 Å². The summed E-state index contributed by atoms with van der Waals surface area (Å²) < 4.78 is 6.42. The van der Waals surface area contributed by atoms with Crippen molar-refractivity contribution in [3.8, 4) is 22.3 Å². The Hall–Kier alpha value is -7.16. The van der Waals surface area contributed by atoms with Crippen LogP contribution in [0.5, 0.6) is 0 Å². The SMILES string of the molecule is CC1(C)c2ccccc2-c2ccc(N(c3ccc4ccccc4c3)c3ccccc3-c3ccc4c5ccccc5c5c(ccc6oc7ccccc7c65)c4c3)cc21. The quantitative estimate of drug-likeness (QED) is 0.168. The van der Waals surface area contributed by atoms with E-state index in [1.807, 2.05) is 6.07 Å². The number of para-hydroxylation sites is 2. The lowest BCUT2D eigenvalue weighted by atomic mass is 9.82. The molecule has 1 aromatic heterocycles. The molecule has 11 aromatic rings. The van der Waals surface area contributed by atoms with E-state index in [-0.39, 0.29) is 5.41 Å².